The molecule has 31 heavy (non-hydrogen) atoms. The summed E-state index contributed by atoms with van der Waals surface area (Å²) < 4.78 is 35.8. The average molecular weight is 528 g/mol. The Morgan fingerprint density at radius 1 is 1.03 bits per heavy atom. The average Bonchev–Trinajstić information content (AvgIpc) is 3.16. The summed E-state index contributed by atoms with van der Waals surface area (Å²) in [5.74, 6) is -1.14. The molecule has 0 aliphatic carbocycles. The first-order chi connectivity index (χ1) is 15.0. The number of ether oxygens (including phenoxy) is 1. The first kappa shape index (κ1) is 21.3. The quantitative estimate of drug-likeness (QED) is 0.164. The highest BCUT2D eigenvalue weighted by atomic mass is 127. The van der Waals surface area contributed by atoms with Crippen LogP contribution in [-0.4, -0.2) is 16.0 Å². The molecule has 0 amide bonds. The Balaban J connectivity index is 1.70. The topological polar surface area (TPSA) is 48.8 Å². The summed E-state index contributed by atoms with van der Waals surface area (Å²) in [7, 11) is 0. The predicted octanol–water partition coefficient (Wildman–Crippen LogP) is 7.16. The fourth-order valence-corrected chi connectivity index (χ4v) is 3.94. The SMILES string of the molecule is Cc1cc(C#N)ccc1-c1ccc2[nH]c(-c3c(F)cc(OCCCI)cc3F)cc2c1. The number of fused-ring (bicyclic) bond motifs is 1. The molecule has 0 radical (unpaired) electrons. The van der Waals surface area contributed by atoms with Gasteiger partial charge in [0.05, 0.1) is 29.5 Å². The summed E-state index contributed by atoms with van der Waals surface area (Å²) in [4.78, 5) is 3.11. The first-order valence-electron chi connectivity index (χ1n) is 9.82. The molecule has 0 saturated carbocycles. The van der Waals surface area contributed by atoms with Gasteiger partial charge in [-0.1, -0.05) is 34.7 Å². The van der Waals surface area contributed by atoms with Crippen LogP contribution in [0.4, 0.5) is 8.78 Å². The number of aromatic nitrogens is 1. The molecule has 3 nitrogen and oxygen atoms in total. The summed E-state index contributed by atoms with van der Waals surface area (Å²) >= 11 is 2.23. The van der Waals surface area contributed by atoms with E-state index in [0.717, 1.165) is 38.4 Å². The molecular formula is C25H19F2IN2O. The van der Waals surface area contributed by atoms with Gasteiger partial charge in [-0.2, -0.15) is 5.26 Å². The highest BCUT2D eigenvalue weighted by Gasteiger charge is 2.17. The van der Waals surface area contributed by atoms with Crippen molar-refractivity contribution in [3.8, 4) is 34.2 Å². The number of H-pyrrole nitrogens is 1. The van der Waals surface area contributed by atoms with Gasteiger partial charge in [-0.05, 0) is 60.4 Å². The van der Waals surface area contributed by atoms with E-state index in [2.05, 4.69) is 33.6 Å². The Kier molecular flexibility index (Phi) is 6.23. The maximum Gasteiger partial charge on any atom is 0.139 e. The fraction of sp³-hybridized carbons (Fsp3) is 0.160. The molecular weight excluding hydrogens is 509 g/mol. The summed E-state index contributed by atoms with van der Waals surface area (Å²) in [6.45, 7) is 2.38. The summed E-state index contributed by atoms with van der Waals surface area (Å²) in [6.07, 6.45) is 0.814. The van der Waals surface area contributed by atoms with Gasteiger partial charge in [0.2, 0.25) is 0 Å². The minimum absolute atomic E-state index is 0.103. The van der Waals surface area contributed by atoms with Crippen LogP contribution >= 0.6 is 22.6 Å². The molecule has 4 rings (SSSR count). The zero-order chi connectivity index (χ0) is 22.0. The lowest BCUT2D eigenvalue weighted by Crippen LogP contribution is -2.00. The number of nitrogens with zero attached hydrogens (tertiary/aromatic N) is 1. The number of aryl methyl sites for hydroxylation is 1. The van der Waals surface area contributed by atoms with Crippen LogP contribution in [-0.2, 0) is 0 Å². The van der Waals surface area contributed by atoms with Gasteiger partial charge in [-0.25, -0.2) is 8.78 Å². The molecule has 0 atom stereocenters. The van der Waals surface area contributed by atoms with Crippen LogP contribution in [0.3, 0.4) is 0 Å². The largest absolute Gasteiger partial charge is 0.493 e. The number of rotatable bonds is 6. The zero-order valence-corrected chi connectivity index (χ0v) is 19.0. The van der Waals surface area contributed by atoms with E-state index in [1.54, 1.807) is 12.1 Å². The minimum Gasteiger partial charge on any atom is -0.493 e. The van der Waals surface area contributed by atoms with Crippen molar-refractivity contribution in [1.82, 2.24) is 4.98 Å². The molecule has 3 aromatic carbocycles. The third-order valence-electron chi connectivity index (χ3n) is 5.12. The molecule has 1 N–H and O–H groups in total. The molecule has 0 unspecified atom stereocenters. The Labute approximate surface area is 192 Å². The minimum atomic E-state index is -0.667. The van der Waals surface area contributed by atoms with E-state index in [0.29, 0.717) is 17.9 Å². The second kappa shape index (κ2) is 9.06. The van der Waals surface area contributed by atoms with Crippen molar-refractivity contribution in [3.05, 3.63) is 77.4 Å². The van der Waals surface area contributed by atoms with E-state index in [1.807, 2.05) is 37.3 Å². The highest BCUT2D eigenvalue weighted by Crippen LogP contribution is 2.34. The van der Waals surface area contributed by atoms with E-state index in [9.17, 15) is 8.78 Å². The Bertz CT molecular complexity index is 1280. The maximum atomic E-state index is 14.7. The number of halogens is 3. The van der Waals surface area contributed by atoms with Gasteiger partial charge >= 0.3 is 0 Å². The van der Waals surface area contributed by atoms with Crippen molar-refractivity contribution in [2.24, 2.45) is 0 Å². The van der Waals surface area contributed by atoms with Crippen molar-refractivity contribution in [2.45, 2.75) is 13.3 Å². The van der Waals surface area contributed by atoms with Crippen LogP contribution in [0.25, 0.3) is 33.3 Å². The Hall–Kier alpha value is -2.92. The maximum absolute atomic E-state index is 14.7. The summed E-state index contributed by atoms with van der Waals surface area (Å²) in [5.41, 5.74) is 4.63. The number of hydrogen-bond acceptors (Lipinski definition) is 2. The molecule has 0 aliphatic heterocycles. The predicted molar refractivity (Wildman–Crippen MR) is 128 cm³/mol. The van der Waals surface area contributed by atoms with Crippen LogP contribution in [0.15, 0.2) is 54.6 Å². The molecule has 0 bridgehead atoms. The van der Waals surface area contributed by atoms with Gasteiger partial charge in [0, 0.05) is 27.5 Å². The van der Waals surface area contributed by atoms with Crippen molar-refractivity contribution in [1.29, 1.82) is 5.26 Å². The van der Waals surface area contributed by atoms with Crippen LogP contribution in [0.2, 0.25) is 0 Å². The molecule has 0 saturated heterocycles. The third kappa shape index (κ3) is 4.42. The monoisotopic (exact) mass is 528 g/mol. The lowest BCUT2D eigenvalue weighted by molar-refractivity contribution is 0.316. The van der Waals surface area contributed by atoms with E-state index >= 15 is 0 Å². The van der Waals surface area contributed by atoms with Gasteiger partial charge in [0.15, 0.2) is 0 Å². The van der Waals surface area contributed by atoms with Crippen LogP contribution in [0, 0.1) is 29.9 Å². The van der Waals surface area contributed by atoms with E-state index in [-0.39, 0.29) is 11.3 Å². The molecule has 0 aliphatic rings. The van der Waals surface area contributed by atoms with Crippen LogP contribution in [0.5, 0.6) is 5.75 Å². The van der Waals surface area contributed by atoms with E-state index < -0.39 is 11.6 Å². The number of nitriles is 1. The molecule has 0 spiro atoms. The number of aromatic amines is 1. The highest BCUT2D eigenvalue weighted by molar-refractivity contribution is 14.1. The van der Waals surface area contributed by atoms with Crippen molar-refractivity contribution < 1.29 is 13.5 Å². The standard InChI is InChI=1S/C25H19F2IN2O/c1-15-9-16(14-29)3-5-20(15)17-4-6-23-18(10-17)11-24(30-23)25-21(26)12-19(13-22(25)27)31-8-2-7-28/h3-6,9-13,30H,2,7-8H2,1H3. The lowest BCUT2D eigenvalue weighted by atomic mass is 9.98. The van der Waals surface area contributed by atoms with Crippen molar-refractivity contribution >= 4 is 33.5 Å². The number of alkyl halides is 1. The number of benzene rings is 3. The molecule has 6 heteroatoms. The molecule has 0 fully saturated rings. The van der Waals surface area contributed by atoms with E-state index in [4.69, 9.17) is 10.00 Å². The van der Waals surface area contributed by atoms with Crippen LogP contribution < -0.4 is 4.74 Å². The normalized spacial score (nSPS) is 10.9. The zero-order valence-electron chi connectivity index (χ0n) is 16.8. The third-order valence-corrected chi connectivity index (χ3v) is 5.88. The molecule has 156 valence electrons. The van der Waals surface area contributed by atoms with Gasteiger partial charge in [-0.3, -0.25) is 0 Å². The fourth-order valence-electron chi connectivity index (χ4n) is 3.63. The number of hydrogen-bond donors (Lipinski definition) is 1. The lowest BCUT2D eigenvalue weighted by Gasteiger charge is -2.08. The summed E-state index contributed by atoms with van der Waals surface area (Å²) in [5, 5.41) is 9.91. The van der Waals surface area contributed by atoms with E-state index in [1.165, 1.54) is 12.1 Å². The second-order valence-electron chi connectivity index (χ2n) is 7.28. The molecule has 4 aromatic rings. The Morgan fingerprint density at radius 3 is 2.48 bits per heavy atom. The van der Waals surface area contributed by atoms with Gasteiger partial charge in [0.1, 0.15) is 17.4 Å². The summed E-state index contributed by atoms with van der Waals surface area (Å²) in [6, 6.07) is 17.7. The van der Waals surface area contributed by atoms with Crippen molar-refractivity contribution in [2.75, 3.05) is 11.0 Å². The van der Waals surface area contributed by atoms with Gasteiger partial charge in [-0.15, -0.1) is 0 Å². The number of nitrogens with one attached hydrogen (secondary N) is 1. The van der Waals surface area contributed by atoms with Crippen molar-refractivity contribution in [3.63, 3.8) is 0 Å². The smallest absolute Gasteiger partial charge is 0.139 e. The van der Waals surface area contributed by atoms with Crippen LogP contribution in [0.1, 0.15) is 17.5 Å². The molecule has 1 heterocycles. The second-order valence-corrected chi connectivity index (χ2v) is 8.36. The Morgan fingerprint density at radius 2 is 1.81 bits per heavy atom. The first-order valence-corrected chi connectivity index (χ1v) is 11.3. The van der Waals surface area contributed by atoms with Gasteiger partial charge in [0.25, 0.3) is 0 Å². The molecule has 1 aromatic heterocycles. The van der Waals surface area contributed by atoms with Gasteiger partial charge < -0.3 is 9.72 Å².